The number of carbonyl (C=O) groups excluding carboxylic acids is 1. The molecule has 23 heavy (non-hydrogen) atoms. The number of para-hydroxylation sites is 1. The lowest BCUT2D eigenvalue weighted by Gasteiger charge is -2.44. The molecule has 2 aliphatic rings. The highest BCUT2D eigenvalue weighted by Gasteiger charge is 2.37. The lowest BCUT2D eigenvalue weighted by molar-refractivity contribution is 0.0492. The minimum absolute atomic E-state index is 0. The first-order chi connectivity index (χ1) is 10.8. The average Bonchev–Trinajstić information content (AvgIpc) is 3.00. The highest BCUT2D eigenvalue weighted by atomic mass is 35.5. The fourth-order valence-electron chi connectivity index (χ4n) is 3.92. The molecule has 6 heteroatoms. The molecule has 0 aliphatic carbocycles. The van der Waals surface area contributed by atoms with Gasteiger partial charge < -0.3 is 10.2 Å². The van der Waals surface area contributed by atoms with E-state index in [9.17, 15) is 4.79 Å². The van der Waals surface area contributed by atoms with Crippen LogP contribution in [0.1, 0.15) is 36.2 Å². The number of hydrogen-bond acceptors (Lipinski definition) is 3. The van der Waals surface area contributed by atoms with Crippen LogP contribution in [0.4, 0.5) is 0 Å². The van der Waals surface area contributed by atoms with Gasteiger partial charge in [-0.25, -0.2) is 0 Å². The number of fused-ring (bicyclic) bond motifs is 1. The van der Waals surface area contributed by atoms with Crippen LogP contribution in [-0.4, -0.2) is 47.2 Å². The molecule has 2 fully saturated rings. The summed E-state index contributed by atoms with van der Waals surface area (Å²) in [6.45, 7) is 3.97. The SMILES string of the molecule is Cl.O=C(c1n[nH]c2ccccc12)N1CCC2(CCNCC2)CC1. The Hall–Kier alpha value is -1.59. The van der Waals surface area contributed by atoms with Crippen molar-refractivity contribution in [2.45, 2.75) is 25.7 Å². The van der Waals surface area contributed by atoms with Gasteiger partial charge in [0.1, 0.15) is 0 Å². The molecule has 1 spiro atoms. The van der Waals surface area contributed by atoms with Crippen molar-refractivity contribution in [3.8, 4) is 0 Å². The first kappa shape index (κ1) is 16.3. The van der Waals surface area contributed by atoms with Crippen LogP contribution in [0.3, 0.4) is 0 Å². The first-order valence-corrected chi connectivity index (χ1v) is 8.21. The van der Waals surface area contributed by atoms with E-state index >= 15 is 0 Å². The number of benzene rings is 1. The van der Waals surface area contributed by atoms with Crippen LogP contribution < -0.4 is 5.32 Å². The number of hydrogen-bond donors (Lipinski definition) is 2. The van der Waals surface area contributed by atoms with E-state index in [2.05, 4.69) is 15.5 Å². The number of nitrogens with zero attached hydrogens (tertiary/aromatic N) is 2. The highest BCUT2D eigenvalue weighted by Crippen LogP contribution is 2.39. The Morgan fingerprint density at radius 3 is 2.52 bits per heavy atom. The lowest BCUT2D eigenvalue weighted by atomic mass is 9.71. The first-order valence-electron chi connectivity index (χ1n) is 8.21. The maximum atomic E-state index is 12.8. The zero-order chi connectivity index (χ0) is 15.0. The Balaban J connectivity index is 0.00000156. The van der Waals surface area contributed by atoms with Gasteiger partial charge in [0.2, 0.25) is 0 Å². The number of H-pyrrole nitrogens is 1. The van der Waals surface area contributed by atoms with E-state index in [0.29, 0.717) is 11.1 Å². The van der Waals surface area contributed by atoms with Gasteiger partial charge in [-0.2, -0.15) is 5.10 Å². The molecule has 1 aromatic carbocycles. The topological polar surface area (TPSA) is 61.0 Å². The van der Waals surface area contributed by atoms with E-state index in [0.717, 1.165) is 49.9 Å². The number of aromatic amines is 1. The Morgan fingerprint density at radius 1 is 1.09 bits per heavy atom. The van der Waals surface area contributed by atoms with Gasteiger partial charge >= 0.3 is 0 Å². The average molecular weight is 335 g/mol. The minimum atomic E-state index is 0. The molecule has 0 bridgehead atoms. The summed E-state index contributed by atoms with van der Waals surface area (Å²) < 4.78 is 0. The predicted octanol–water partition coefficient (Wildman–Crippen LogP) is 2.59. The molecule has 2 aromatic rings. The molecular formula is C17H23ClN4O. The van der Waals surface area contributed by atoms with Crippen LogP contribution in [0, 0.1) is 5.41 Å². The van der Waals surface area contributed by atoms with Gasteiger partial charge in [0.05, 0.1) is 5.52 Å². The van der Waals surface area contributed by atoms with Crippen LogP contribution in [-0.2, 0) is 0 Å². The Labute approximate surface area is 142 Å². The Bertz CT molecular complexity index is 683. The van der Waals surface area contributed by atoms with Crippen molar-refractivity contribution < 1.29 is 4.79 Å². The van der Waals surface area contributed by atoms with Crippen LogP contribution in [0.2, 0.25) is 0 Å². The van der Waals surface area contributed by atoms with Gasteiger partial charge in [-0.1, -0.05) is 18.2 Å². The number of halogens is 1. The van der Waals surface area contributed by atoms with Gasteiger partial charge in [-0.3, -0.25) is 9.89 Å². The maximum Gasteiger partial charge on any atom is 0.274 e. The third-order valence-corrected chi connectivity index (χ3v) is 5.45. The van der Waals surface area contributed by atoms with E-state index in [1.165, 1.54) is 12.8 Å². The Morgan fingerprint density at radius 2 is 1.78 bits per heavy atom. The molecule has 4 rings (SSSR count). The van der Waals surface area contributed by atoms with Gasteiger partial charge in [-0.15, -0.1) is 12.4 Å². The van der Waals surface area contributed by atoms with Gasteiger partial charge in [0.25, 0.3) is 5.91 Å². The van der Waals surface area contributed by atoms with Crippen molar-refractivity contribution >= 4 is 29.2 Å². The summed E-state index contributed by atoms with van der Waals surface area (Å²) in [7, 11) is 0. The fourth-order valence-corrected chi connectivity index (χ4v) is 3.92. The van der Waals surface area contributed by atoms with E-state index in [1.54, 1.807) is 0 Å². The van der Waals surface area contributed by atoms with Crippen LogP contribution in [0.5, 0.6) is 0 Å². The zero-order valence-electron chi connectivity index (χ0n) is 13.2. The normalized spacial score (nSPS) is 20.4. The summed E-state index contributed by atoms with van der Waals surface area (Å²) >= 11 is 0. The number of piperidine rings is 2. The fraction of sp³-hybridized carbons (Fsp3) is 0.529. The van der Waals surface area contributed by atoms with Crippen molar-refractivity contribution in [3.63, 3.8) is 0 Å². The molecular weight excluding hydrogens is 312 g/mol. The number of likely N-dealkylation sites (tertiary alicyclic amines) is 1. The standard InChI is InChI=1S/C17H22N4O.ClH/c22-16(15-13-3-1-2-4-14(13)19-20-15)21-11-7-17(8-12-21)5-9-18-10-6-17;/h1-4,18H,5-12H2,(H,19,20);1H. The summed E-state index contributed by atoms with van der Waals surface area (Å²) in [5, 5.41) is 11.6. The molecule has 2 saturated heterocycles. The van der Waals surface area contributed by atoms with E-state index in [1.807, 2.05) is 29.2 Å². The van der Waals surface area contributed by atoms with Crippen molar-refractivity contribution in [2.24, 2.45) is 5.41 Å². The van der Waals surface area contributed by atoms with E-state index in [-0.39, 0.29) is 18.3 Å². The quantitative estimate of drug-likeness (QED) is 0.842. The van der Waals surface area contributed by atoms with Crippen molar-refractivity contribution in [1.82, 2.24) is 20.4 Å². The zero-order valence-corrected chi connectivity index (χ0v) is 14.0. The molecule has 1 amide bonds. The molecule has 1 aromatic heterocycles. The van der Waals surface area contributed by atoms with Crippen molar-refractivity contribution in [3.05, 3.63) is 30.0 Å². The van der Waals surface area contributed by atoms with Crippen molar-refractivity contribution in [2.75, 3.05) is 26.2 Å². The summed E-state index contributed by atoms with van der Waals surface area (Å²) in [5.74, 6) is 0.0706. The largest absolute Gasteiger partial charge is 0.337 e. The number of rotatable bonds is 1. The highest BCUT2D eigenvalue weighted by molar-refractivity contribution is 6.04. The van der Waals surface area contributed by atoms with Crippen LogP contribution in [0.15, 0.2) is 24.3 Å². The molecule has 124 valence electrons. The summed E-state index contributed by atoms with van der Waals surface area (Å²) in [6, 6.07) is 7.83. The number of amides is 1. The van der Waals surface area contributed by atoms with E-state index in [4.69, 9.17) is 0 Å². The third-order valence-electron chi connectivity index (χ3n) is 5.45. The Kier molecular flexibility index (Phi) is 4.60. The van der Waals surface area contributed by atoms with Crippen molar-refractivity contribution in [1.29, 1.82) is 0 Å². The second-order valence-corrected chi connectivity index (χ2v) is 6.66. The van der Waals surface area contributed by atoms with E-state index < -0.39 is 0 Å². The molecule has 0 radical (unpaired) electrons. The van der Waals surface area contributed by atoms with Gasteiger partial charge in [0.15, 0.2) is 5.69 Å². The summed E-state index contributed by atoms with van der Waals surface area (Å²) in [6.07, 6.45) is 4.76. The molecule has 2 N–H and O–H groups in total. The second-order valence-electron chi connectivity index (χ2n) is 6.66. The van der Waals surface area contributed by atoms with Gasteiger partial charge in [-0.05, 0) is 50.3 Å². The second kappa shape index (κ2) is 6.49. The number of aromatic nitrogens is 2. The molecule has 0 atom stereocenters. The molecule has 5 nitrogen and oxygen atoms in total. The monoisotopic (exact) mass is 334 g/mol. The maximum absolute atomic E-state index is 12.8. The lowest BCUT2D eigenvalue weighted by Crippen LogP contribution is -2.47. The summed E-state index contributed by atoms with van der Waals surface area (Å²) in [5.41, 5.74) is 1.96. The number of carbonyl (C=O) groups is 1. The summed E-state index contributed by atoms with van der Waals surface area (Å²) in [4.78, 5) is 14.8. The third kappa shape index (κ3) is 2.95. The molecule has 2 aliphatic heterocycles. The number of nitrogens with one attached hydrogen (secondary N) is 2. The molecule has 3 heterocycles. The van der Waals surface area contributed by atoms with Crippen LogP contribution >= 0.6 is 12.4 Å². The predicted molar refractivity (Wildman–Crippen MR) is 93.0 cm³/mol. The van der Waals surface area contributed by atoms with Gasteiger partial charge in [0, 0.05) is 18.5 Å². The smallest absolute Gasteiger partial charge is 0.274 e. The van der Waals surface area contributed by atoms with Crippen LogP contribution in [0.25, 0.3) is 10.9 Å². The molecule has 0 saturated carbocycles. The minimum Gasteiger partial charge on any atom is -0.337 e. The molecule has 0 unspecified atom stereocenters.